The molecule has 4 heteroatoms. The highest BCUT2D eigenvalue weighted by Crippen LogP contribution is 2.70. The van der Waals surface area contributed by atoms with Crippen molar-refractivity contribution >= 4 is 11.9 Å². The zero-order valence-corrected chi connectivity index (χ0v) is 11.9. The number of ether oxygens (including phenoxy) is 2. The highest BCUT2D eigenvalue weighted by Gasteiger charge is 2.67. The van der Waals surface area contributed by atoms with Gasteiger partial charge in [0, 0.05) is 0 Å². The Morgan fingerprint density at radius 2 is 1.37 bits per heavy atom. The van der Waals surface area contributed by atoms with Crippen LogP contribution in [0, 0.1) is 22.2 Å². The van der Waals surface area contributed by atoms with Crippen molar-refractivity contribution in [3.63, 3.8) is 0 Å². The van der Waals surface area contributed by atoms with Crippen LogP contribution in [0.3, 0.4) is 0 Å². The van der Waals surface area contributed by atoms with Crippen LogP contribution in [-0.4, -0.2) is 26.2 Å². The zero-order valence-electron chi connectivity index (χ0n) is 11.9. The highest BCUT2D eigenvalue weighted by atomic mass is 16.5. The van der Waals surface area contributed by atoms with E-state index in [4.69, 9.17) is 9.47 Å². The molecule has 0 saturated heterocycles. The van der Waals surface area contributed by atoms with Crippen LogP contribution >= 0.6 is 0 Å². The highest BCUT2D eigenvalue weighted by molar-refractivity contribution is 5.84. The molecule has 4 saturated carbocycles. The molecule has 0 aromatic heterocycles. The van der Waals surface area contributed by atoms with E-state index in [2.05, 4.69) is 6.92 Å². The van der Waals surface area contributed by atoms with Gasteiger partial charge >= 0.3 is 11.9 Å². The summed E-state index contributed by atoms with van der Waals surface area (Å²) in [7, 11) is 2.89. The number of methoxy groups -OCH3 is 2. The van der Waals surface area contributed by atoms with Gasteiger partial charge in [-0.15, -0.1) is 0 Å². The van der Waals surface area contributed by atoms with E-state index in [1.165, 1.54) is 20.1 Å². The fourth-order valence-corrected chi connectivity index (χ4v) is 5.46. The van der Waals surface area contributed by atoms with Crippen LogP contribution in [0.2, 0.25) is 0 Å². The molecule has 4 rings (SSSR count). The molecule has 0 heterocycles. The summed E-state index contributed by atoms with van der Waals surface area (Å²) in [6.45, 7) is 2.19. The lowest BCUT2D eigenvalue weighted by atomic mass is 9.40. The van der Waals surface area contributed by atoms with Gasteiger partial charge in [-0.3, -0.25) is 9.59 Å². The van der Waals surface area contributed by atoms with Gasteiger partial charge in [0.1, 0.15) is 0 Å². The second-order valence-electron chi connectivity index (χ2n) is 7.17. The van der Waals surface area contributed by atoms with Crippen molar-refractivity contribution in [3.8, 4) is 0 Å². The van der Waals surface area contributed by atoms with Crippen molar-refractivity contribution in [1.82, 2.24) is 0 Å². The Balaban J connectivity index is 2.04. The van der Waals surface area contributed by atoms with Crippen LogP contribution in [0.25, 0.3) is 0 Å². The second kappa shape index (κ2) is 3.74. The maximum Gasteiger partial charge on any atom is 0.311 e. The Kier molecular flexibility index (Phi) is 2.55. The first-order valence-corrected chi connectivity index (χ1v) is 6.88. The Morgan fingerprint density at radius 1 is 0.895 bits per heavy atom. The molecule has 0 spiro atoms. The fraction of sp³-hybridized carbons (Fsp3) is 0.800. The minimum atomic E-state index is -0.484. The number of carbonyl (C=O) groups is 2. The van der Waals surface area contributed by atoms with E-state index in [-0.39, 0.29) is 17.4 Å². The predicted octanol–water partition coefficient (Wildman–Crippen LogP) is 2.27. The number of hydrogen-bond donors (Lipinski definition) is 0. The first-order chi connectivity index (χ1) is 8.87. The molecular weight excluding hydrogens is 244 g/mol. The van der Waals surface area contributed by atoms with Gasteiger partial charge in [-0.1, -0.05) is 6.92 Å². The van der Waals surface area contributed by atoms with Gasteiger partial charge in [0.25, 0.3) is 0 Å². The van der Waals surface area contributed by atoms with Gasteiger partial charge < -0.3 is 9.47 Å². The number of rotatable bonds is 2. The lowest BCUT2D eigenvalue weighted by molar-refractivity contribution is -0.188. The first-order valence-electron chi connectivity index (χ1n) is 6.88. The monoisotopic (exact) mass is 265 g/mol. The van der Waals surface area contributed by atoms with Crippen LogP contribution in [0.5, 0.6) is 0 Å². The molecule has 4 nitrogen and oxygen atoms in total. The van der Waals surface area contributed by atoms with E-state index in [9.17, 15) is 9.59 Å². The van der Waals surface area contributed by atoms with Crippen LogP contribution in [0.1, 0.15) is 45.4 Å². The maximum atomic E-state index is 12.3. The number of esters is 2. The minimum absolute atomic E-state index is 0.0481. The quantitative estimate of drug-likeness (QED) is 0.719. The lowest BCUT2D eigenvalue weighted by Crippen LogP contribution is -2.60. The normalized spacial score (nSPS) is 44.2. The Hall–Kier alpha value is -1.06. The molecule has 0 aromatic rings. The van der Waals surface area contributed by atoms with Gasteiger partial charge in [-0.05, 0) is 49.9 Å². The number of carbonyl (C=O) groups excluding carboxylic acids is 2. The summed E-state index contributed by atoms with van der Waals surface area (Å²) in [6.07, 6.45) is 4.93. The van der Waals surface area contributed by atoms with Crippen molar-refractivity contribution in [3.05, 3.63) is 5.92 Å². The fourth-order valence-electron chi connectivity index (χ4n) is 5.46. The summed E-state index contributed by atoms with van der Waals surface area (Å²) in [6, 6.07) is 0. The Morgan fingerprint density at radius 3 is 1.74 bits per heavy atom. The van der Waals surface area contributed by atoms with Gasteiger partial charge in [0.15, 0.2) is 0 Å². The van der Waals surface area contributed by atoms with Crippen LogP contribution in [0.15, 0.2) is 0 Å². The average Bonchev–Trinajstić information content (AvgIpc) is 2.33. The first kappa shape index (κ1) is 12.9. The van der Waals surface area contributed by atoms with Crippen LogP contribution < -0.4 is 0 Å². The van der Waals surface area contributed by atoms with Gasteiger partial charge in [0.2, 0.25) is 0 Å². The molecule has 2 atom stereocenters. The average molecular weight is 265 g/mol. The van der Waals surface area contributed by atoms with E-state index >= 15 is 0 Å². The molecule has 4 aliphatic rings. The molecule has 2 unspecified atom stereocenters. The third-order valence-corrected chi connectivity index (χ3v) is 5.30. The topological polar surface area (TPSA) is 52.6 Å². The largest absolute Gasteiger partial charge is 0.469 e. The smallest absolute Gasteiger partial charge is 0.311 e. The lowest BCUT2D eigenvalue weighted by Gasteiger charge is -2.63. The van der Waals surface area contributed by atoms with Gasteiger partial charge in [-0.25, -0.2) is 0 Å². The van der Waals surface area contributed by atoms with E-state index in [1.54, 1.807) is 0 Å². The third kappa shape index (κ3) is 1.65. The molecule has 0 aromatic carbocycles. The van der Waals surface area contributed by atoms with Crippen LogP contribution in [-0.2, 0) is 19.1 Å². The Labute approximate surface area is 113 Å². The predicted molar refractivity (Wildman–Crippen MR) is 68.0 cm³/mol. The second-order valence-corrected chi connectivity index (χ2v) is 7.17. The van der Waals surface area contributed by atoms with Crippen molar-refractivity contribution in [2.45, 2.75) is 45.4 Å². The summed E-state index contributed by atoms with van der Waals surface area (Å²) < 4.78 is 10.1. The molecule has 19 heavy (non-hydrogen) atoms. The van der Waals surface area contributed by atoms with Crippen LogP contribution in [0.4, 0.5) is 0 Å². The third-order valence-electron chi connectivity index (χ3n) is 5.30. The Bertz CT molecular complexity index is 409. The van der Waals surface area contributed by atoms with E-state index in [0.717, 1.165) is 32.1 Å². The van der Waals surface area contributed by atoms with Crippen molar-refractivity contribution in [2.24, 2.45) is 16.2 Å². The molecule has 0 N–H and O–H groups in total. The van der Waals surface area contributed by atoms with E-state index in [0.29, 0.717) is 6.42 Å². The zero-order chi connectivity index (χ0) is 13.9. The van der Waals surface area contributed by atoms with Gasteiger partial charge in [0.05, 0.1) is 25.0 Å². The molecule has 4 bridgehead atoms. The summed E-state index contributed by atoms with van der Waals surface area (Å²) in [5.41, 5.74) is -0.921. The molecule has 4 aliphatic carbocycles. The van der Waals surface area contributed by atoms with E-state index < -0.39 is 10.8 Å². The summed E-state index contributed by atoms with van der Waals surface area (Å²) in [4.78, 5) is 24.5. The van der Waals surface area contributed by atoms with Crippen molar-refractivity contribution in [1.29, 1.82) is 0 Å². The SMILES string of the molecule is COC(=O)C12C[C]3CC(C)(C1)CC(C(=O)OC)(C3)C2. The van der Waals surface area contributed by atoms with Gasteiger partial charge in [-0.2, -0.15) is 0 Å². The molecule has 0 amide bonds. The summed E-state index contributed by atoms with van der Waals surface area (Å²) >= 11 is 0. The number of hydrogen-bond acceptors (Lipinski definition) is 4. The summed E-state index contributed by atoms with van der Waals surface area (Å²) in [5.74, 6) is 1.05. The van der Waals surface area contributed by atoms with Crippen molar-refractivity contribution in [2.75, 3.05) is 14.2 Å². The summed E-state index contributed by atoms with van der Waals surface area (Å²) in [5, 5.41) is 0. The molecule has 4 fully saturated rings. The molecule has 105 valence electrons. The molecule has 1 radical (unpaired) electrons. The minimum Gasteiger partial charge on any atom is -0.469 e. The standard InChI is InChI=1S/C15H21O4/c1-13-4-10-5-14(7-13,11(16)18-2)9-15(6-10,8-13)12(17)19-3/h4-9H2,1-3H3. The molecular formula is C15H21O4. The van der Waals surface area contributed by atoms with E-state index in [1.807, 2.05) is 0 Å². The molecule has 0 aliphatic heterocycles. The van der Waals surface area contributed by atoms with Crippen molar-refractivity contribution < 1.29 is 19.1 Å². The maximum absolute atomic E-state index is 12.3.